The number of anilines is 1. The van der Waals surface area contributed by atoms with Gasteiger partial charge >= 0.3 is 6.03 Å². The second-order valence-electron chi connectivity index (χ2n) is 2.75. The van der Waals surface area contributed by atoms with Gasteiger partial charge in [0.25, 0.3) is 0 Å². The molecule has 0 aliphatic carbocycles. The first-order valence-electron chi connectivity index (χ1n) is 3.89. The molecular formula is C9H9N3O. The zero-order chi connectivity index (χ0) is 9.26. The summed E-state index contributed by atoms with van der Waals surface area (Å²) in [6, 6.07) is 7.11. The predicted molar refractivity (Wildman–Crippen MR) is 50.6 cm³/mol. The maximum Gasteiger partial charge on any atom is 0.316 e. The molecule has 0 spiro atoms. The second kappa shape index (κ2) is 2.82. The van der Waals surface area contributed by atoms with E-state index in [1.807, 2.05) is 34.9 Å². The number of primary amides is 1. The molecule has 66 valence electrons. The van der Waals surface area contributed by atoms with E-state index in [-0.39, 0.29) is 0 Å². The number of carbonyl (C=O) groups is 1. The Labute approximate surface area is 75.0 Å². The molecule has 0 aromatic carbocycles. The summed E-state index contributed by atoms with van der Waals surface area (Å²) in [5.41, 5.74) is 6.71. The Morgan fingerprint density at radius 3 is 3.00 bits per heavy atom. The van der Waals surface area contributed by atoms with Gasteiger partial charge in [-0.25, -0.2) is 4.79 Å². The molecule has 2 rings (SSSR count). The Bertz CT molecular complexity index is 414. The van der Waals surface area contributed by atoms with Gasteiger partial charge in [-0.3, -0.25) is 0 Å². The van der Waals surface area contributed by atoms with Gasteiger partial charge in [0.1, 0.15) is 0 Å². The summed E-state index contributed by atoms with van der Waals surface area (Å²) in [5, 5.41) is 2.51. The van der Waals surface area contributed by atoms with Crippen molar-refractivity contribution in [3.05, 3.63) is 36.7 Å². The van der Waals surface area contributed by atoms with Crippen LogP contribution in [0.2, 0.25) is 0 Å². The molecule has 2 heterocycles. The summed E-state index contributed by atoms with van der Waals surface area (Å²) >= 11 is 0. The lowest BCUT2D eigenvalue weighted by Gasteiger charge is -1.93. The van der Waals surface area contributed by atoms with Gasteiger partial charge in [-0.15, -0.1) is 0 Å². The van der Waals surface area contributed by atoms with Gasteiger partial charge in [-0.1, -0.05) is 6.07 Å². The SMILES string of the molecule is NC(=O)Nc1cc2ccccn2c1. The van der Waals surface area contributed by atoms with E-state index in [0.717, 1.165) is 5.52 Å². The minimum atomic E-state index is -0.545. The van der Waals surface area contributed by atoms with Crippen molar-refractivity contribution < 1.29 is 4.79 Å². The molecule has 0 atom stereocenters. The number of nitrogens with zero attached hydrogens (tertiary/aromatic N) is 1. The number of aromatic nitrogens is 1. The number of fused-ring (bicyclic) bond motifs is 1. The molecule has 2 aromatic rings. The average Bonchev–Trinajstić information content (AvgIpc) is 2.44. The van der Waals surface area contributed by atoms with E-state index in [1.165, 1.54) is 0 Å². The topological polar surface area (TPSA) is 59.5 Å². The molecule has 0 aliphatic heterocycles. The summed E-state index contributed by atoms with van der Waals surface area (Å²) in [7, 11) is 0. The van der Waals surface area contributed by atoms with Crippen molar-refractivity contribution in [1.82, 2.24) is 4.40 Å². The Hall–Kier alpha value is -1.97. The molecule has 0 bridgehead atoms. The first-order chi connectivity index (χ1) is 6.25. The van der Waals surface area contributed by atoms with E-state index in [1.54, 1.807) is 6.20 Å². The quantitative estimate of drug-likeness (QED) is 0.676. The molecule has 13 heavy (non-hydrogen) atoms. The Morgan fingerprint density at radius 2 is 2.31 bits per heavy atom. The lowest BCUT2D eigenvalue weighted by Crippen LogP contribution is -2.18. The highest BCUT2D eigenvalue weighted by Gasteiger charge is 1.99. The van der Waals surface area contributed by atoms with Crippen molar-refractivity contribution in [3.63, 3.8) is 0 Å². The van der Waals surface area contributed by atoms with Gasteiger partial charge in [0.2, 0.25) is 0 Å². The summed E-state index contributed by atoms with van der Waals surface area (Å²) < 4.78 is 1.91. The molecule has 2 aromatic heterocycles. The van der Waals surface area contributed by atoms with Crippen LogP contribution in [-0.2, 0) is 0 Å². The number of hydrogen-bond donors (Lipinski definition) is 2. The van der Waals surface area contributed by atoms with Gasteiger partial charge in [0.05, 0.1) is 5.69 Å². The number of nitrogens with one attached hydrogen (secondary N) is 1. The van der Waals surface area contributed by atoms with E-state index in [9.17, 15) is 4.79 Å². The van der Waals surface area contributed by atoms with Crippen LogP contribution in [0.25, 0.3) is 5.52 Å². The predicted octanol–water partition coefficient (Wildman–Crippen LogP) is 1.43. The number of amides is 2. The van der Waals surface area contributed by atoms with Crippen LogP contribution in [0, 0.1) is 0 Å². The molecule has 0 aliphatic rings. The summed E-state index contributed by atoms with van der Waals surface area (Å²) in [5.74, 6) is 0. The van der Waals surface area contributed by atoms with E-state index < -0.39 is 6.03 Å². The first-order valence-corrected chi connectivity index (χ1v) is 3.89. The van der Waals surface area contributed by atoms with Crippen LogP contribution < -0.4 is 11.1 Å². The standard InChI is InChI=1S/C9H9N3O/c10-9(13)11-7-5-8-3-1-2-4-12(8)6-7/h1-6H,(H3,10,11,13). The van der Waals surface area contributed by atoms with Gasteiger partial charge in [0, 0.05) is 17.9 Å². The van der Waals surface area contributed by atoms with Crippen LogP contribution in [0.3, 0.4) is 0 Å². The van der Waals surface area contributed by atoms with Crippen molar-refractivity contribution in [2.24, 2.45) is 5.73 Å². The van der Waals surface area contributed by atoms with Gasteiger partial charge in [-0.05, 0) is 18.2 Å². The van der Waals surface area contributed by atoms with Gasteiger partial charge in [-0.2, -0.15) is 0 Å². The van der Waals surface area contributed by atoms with Crippen LogP contribution in [0.4, 0.5) is 10.5 Å². The smallest absolute Gasteiger partial charge is 0.316 e. The largest absolute Gasteiger partial charge is 0.351 e. The average molecular weight is 175 g/mol. The number of carbonyl (C=O) groups excluding carboxylic acids is 1. The molecule has 0 saturated carbocycles. The van der Waals surface area contributed by atoms with E-state index in [0.29, 0.717) is 5.69 Å². The Morgan fingerprint density at radius 1 is 1.46 bits per heavy atom. The number of rotatable bonds is 1. The fraction of sp³-hybridized carbons (Fsp3) is 0. The zero-order valence-corrected chi connectivity index (χ0v) is 6.90. The van der Waals surface area contributed by atoms with Gasteiger partial charge in [0.15, 0.2) is 0 Å². The minimum absolute atomic E-state index is 0.545. The fourth-order valence-electron chi connectivity index (χ4n) is 1.27. The van der Waals surface area contributed by atoms with Crippen LogP contribution >= 0.6 is 0 Å². The van der Waals surface area contributed by atoms with Crippen molar-refractivity contribution in [3.8, 4) is 0 Å². The summed E-state index contributed by atoms with van der Waals surface area (Å²) in [4.78, 5) is 10.5. The molecule has 4 nitrogen and oxygen atoms in total. The molecule has 4 heteroatoms. The van der Waals surface area contributed by atoms with Crippen molar-refractivity contribution in [2.75, 3.05) is 5.32 Å². The molecule has 0 radical (unpaired) electrons. The van der Waals surface area contributed by atoms with Crippen molar-refractivity contribution in [2.45, 2.75) is 0 Å². The van der Waals surface area contributed by atoms with Crippen LogP contribution in [0.15, 0.2) is 36.7 Å². The van der Waals surface area contributed by atoms with Crippen molar-refractivity contribution in [1.29, 1.82) is 0 Å². The maximum atomic E-state index is 10.5. The van der Waals surface area contributed by atoms with Gasteiger partial charge < -0.3 is 15.5 Å². The summed E-state index contributed by atoms with van der Waals surface area (Å²) in [6.45, 7) is 0. The lowest BCUT2D eigenvalue weighted by atomic mass is 10.4. The highest BCUT2D eigenvalue weighted by molar-refractivity contribution is 5.88. The maximum absolute atomic E-state index is 10.5. The molecular weight excluding hydrogens is 166 g/mol. The zero-order valence-electron chi connectivity index (χ0n) is 6.90. The fourth-order valence-corrected chi connectivity index (χ4v) is 1.27. The van der Waals surface area contributed by atoms with Crippen LogP contribution in [0.5, 0.6) is 0 Å². The number of hydrogen-bond acceptors (Lipinski definition) is 1. The third-order valence-electron chi connectivity index (χ3n) is 1.77. The third kappa shape index (κ3) is 1.46. The highest BCUT2D eigenvalue weighted by atomic mass is 16.2. The van der Waals surface area contributed by atoms with Crippen molar-refractivity contribution >= 4 is 17.2 Å². The van der Waals surface area contributed by atoms with Crippen LogP contribution in [-0.4, -0.2) is 10.4 Å². The van der Waals surface area contributed by atoms with E-state index in [4.69, 9.17) is 5.73 Å². The lowest BCUT2D eigenvalue weighted by molar-refractivity contribution is 0.259. The summed E-state index contributed by atoms with van der Waals surface area (Å²) in [6.07, 6.45) is 3.71. The molecule has 0 saturated heterocycles. The number of pyridine rings is 1. The normalized spacial score (nSPS) is 10.2. The van der Waals surface area contributed by atoms with E-state index in [2.05, 4.69) is 5.32 Å². The van der Waals surface area contributed by atoms with E-state index >= 15 is 0 Å². The molecule has 3 N–H and O–H groups in total. The molecule has 0 unspecified atom stereocenters. The monoisotopic (exact) mass is 175 g/mol. The Kier molecular flexibility index (Phi) is 1.66. The second-order valence-corrected chi connectivity index (χ2v) is 2.75. The first kappa shape index (κ1) is 7.67. The highest BCUT2D eigenvalue weighted by Crippen LogP contribution is 2.13. The Balaban J connectivity index is 2.44. The third-order valence-corrected chi connectivity index (χ3v) is 1.77. The number of urea groups is 1. The molecule has 2 amide bonds. The molecule has 0 fully saturated rings. The minimum Gasteiger partial charge on any atom is -0.351 e. The number of nitrogens with two attached hydrogens (primary N) is 1. The van der Waals surface area contributed by atoms with Crippen LogP contribution in [0.1, 0.15) is 0 Å².